The van der Waals surface area contributed by atoms with Crippen LogP contribution in [0.1, 0.15) is 23.6 Å². The Morgan fingerprint density at radius 2 is 1.86 bits per heavy atom. The van der Waals surface area contributed by atoms with Gasteiger partial charge in [0.2, 0.25) is 0 Å². The van der Waals surface area contributed by atoms with E-state index >= 15 is 0 Å². The monoisotopic (exact) mass is 294 g/mol. The summed E-state index contributed by atoms with van der Waals surface area (Å²) < 4.78 is 0. The van der Waals surface area contributed by atoms with Crippen molar-refractivity contribution in [3.8, 4) is 11.3 Å². The van der Waals surface area contributed by atoms with Crippen LogP contribution in [0.25, 0.3) is 22.2 Å². The predicted molar refractivity (Wildman–Crippen MR) is 93.7 cm³/mol. The molecular weight excluding hydrogens is 276 g/mol. The summed E-state index contributed by atoms with van der Waals surface area (Å²) in [6, 6.07) is 14.8. The molecule has 0 fully saturated rings. The zero-order chi connectivity index (χ0) is 15.0. The fourth-order valence-electron chi connectivity index (χ4n) is 2.69. The van der Waals surface area contributed by atoms with Crippen LogP contribution < -0.4 is 5.73 Å². The predicted octanol–water partition coefficient (Wildman–Crippen LogP) is 4.34. The second-order valence-corrected chi connectivity index (χ2v) is 5.78. The number of benzene rings is 2. The largest absolute Gasteiger partial charge is 0.389 e. The maximum absolute atomic E-state index is 5.98. The quantitative estimate of drug-likeness (QED) is 0.706. The van der Waals surface area contributed by atoms with Crippen LogP contribution >= 0.6 is 12.2 Å². The number of aryl methyl sites for hydroxylation is 2. The normalized spacial score (nSPS) is 11.0. The maximum atomic E-state index is 5.98. The highest BCUT2D eigenvalue weighted by molar-refractivity contribution is 7.80. The molecule has 3 heteroatoms. The zero-order valence-electron chi connectivity index (χ0n) is 12.2. The summed E-state index contributed by atoms with van der Waals surface area (Å²) in [6.07, 6.45) is 1.04. The van der Waals surface area contributed by atoms with Crippen molar-refractivity contribution < 1.29 is 0 Å². The molecule has 0 aliphatic carbocycles. The highest BCUT2D eigenvalue weighted by Crippen LogP contribution is 2.31. The number of thiocarbonyl (C=S) groups is 1. The SMILES string of the molecule is CCc1ccc(-c2[nH]c3ccc(C)cc3c2C(N)=S)cc1. The first-order valence-electron chi connectivity index (χ1n) is 7.11. The van der Waals surface area contributed by atoms with Crippen LogP contribution in [0.15, 0.2) is 42.5 Å². The van der Waals surface area contributed by atoms with Crippen LogP contribution in [0.3, 0.4) is 0 Å². The molecular formula is C18H18N2S. The lowest BCUT2D eigenvalue weighted by Gasteiger charge is -2.05. The van der Waals surface area contributed by atoms with Gasteiger partial charge in [0.1, 0.15) is 4.99 Å². The lowest BCUT2D eigenvalue weighted by Crippen LogP contribution is -2.10. The Morgan fingerprint density at radius 3 is 2.48 bits per heavy atom. The third-order valence-corrected chi connectivity index (χ3v) is 4.06. The van der Waals surface area contributed by atoms with Gasteiger partial charge in [0.05, 0.1) is 5.69 Å². The Hall–Kier alpha value is -2.13. The molecule has 0 spiro atoms. The van der Waals surface area contributed by atoms with Crippen molar-refractivity contribution in [3.05, 3.63) is 59.2 Å². The third kappa shape index (κ3) is 2.45. The molecule has 0 unspecified atom stereocenters. The Balaban J connectivity index is 2.25. The van der Waals surface area contributed by atoms with Gasteiger partial charge in [-0.15, -0.1) is 0 Å². The Morgan fingerprint density at radius 1 is 1.14 bits per heavy atom. The van der Waals surface area contributed by atoms with Crippen molar-refractivity contribution in [2.24, 2.45) is 5.73 Å². The molecule has 0 amide bonds. The molecule has 0 atom stereocenters. The molecule has 1 aromatic heterocycles. The molecule has 21 heavy (non-hydrogen) atoms. The minimum Gasteiger partial charge on any atom is -0.389 e. The van der Waals surface area contributed by atoms with Gasteiger partial charge in [-0.3, -0.25) is 0 Å². The van der Waals surface area contributed by atoms with Crippen LogP contribution in [0.2, 0.25) is 0 Å². The van der Waals surface area contributed by atoms with Gasteiger partial charge < -0.3 is 10.7 Å². The molecule has 3 aromatic rings. The van der Waals surface area contributed by atoms with Crippen LogP contribution in [-0.4, -0.2) is 9.97 Å². The van der Waals surface area contributed by atoms with Gasteiger partial charge >= 0.3 is 0 Å². The van der Waals surface area contributed by atoms with E-state index in [1.165, 1.54) is 11.1 Å². The first-order chi connectivity index (χ1) is 10.1. The molecule has 0 aliphatic heterocycles. The summed E-state index contributed by atoms with van der Waals surface area (Å²) in [4.78, 5) is 3.89. The lowest BCUT2D eigenvalue weighted by atomic mass is 10.0. The van der Waals surface area contributed by atoms with Crippen molar-refractivity contribution in [2.45, 2.75) is 20.3 Å². The summed E-state index contributed by atoms with van der Waals surface area (Å²) in [5.74, 6) is 0. The fraction of sp³-hybridized carbons (Fsp3) is 0.167. The number of hydrogen-bond acceptors (Lipinski definition) is 1. The number of nitrogens with one attached hydrogen (secondary N) is 1. The number of H-pyrrole nitrogens is 1. The standard InChI is InChI=1S/C18H18N2S/c1-3-12-5-7-13(8-6-12)17-16(18(19)21)14-10-11(2)4-9-15(14)20-17/h4-10,20H,3H2,1-2H3,(H2,19,21). The molecule has 0 radical (unpaired) electrons. The van der Waals surface area contributed by atoms with Crippen LogP contribution in [0.5, 0.6) is 0 Å². The van der Waals surface area contributed by atoms with Crippen molar-refractivity contribution in [2.75, 3.05) is 0 Å². The van der Waals surface area contributed by atoms with E-state index in [1.807, 2.05) is 0 Å². The Kier molecular flexibility index (Phi) is 3.52. The van der Waals surface area contributed by atoms with Gasteiger partial charge in [-0.25, -0.2) is 0 Å². The van der Waals surface area contributed by atoms with Crippen LogP contribution in [0.4, 0.5) is 0 Å². The summed E-state index contributed by atoms with van der Waals surface area (Å²) in [6.45, 7) is 4.23. The van der Waals surface area contributed by atoms with Gasteiger partial charge in [-0.2, -0.15) is 0 Å². The molecule has 3 rings (SSSR count). The maximum Gasteiger partial charge on any atom is 0.106 e. The van der Waals surface area contributed by atoms with E-state index in [-0.39, 0.29) is 0 Å². The highest BCUT2D eigenvalue weighted by atomic mass is 32.1. The smallest absolute Gasteiger partial charge is 0.106 e. The highest BCUT2D eigenvalue weighted by Gasteiger charge is 2.15. The molecule has 0 bridgehead atoms. The van der Waals surface area contributed by atoms with Crippen molar-refractivity contribution >= 4 is 28.1 Å². The Labute approximate surface area is 130 Å². The van der Waals surface area contributed by atoms with Crippen LogP contribution in [0, 0.1) is 6.92 Å². The second kappa shape index (κ2) is 5.34. The van der Waals surface area contributed by atoms with Gasteiger partial charge in [0.15, 0.2) is 0 Å². The van der Waals surface area contributed by atoms with E-state index in [4.69, 9.17) is 18.0 Å². The fourth-order valence-corrected chi connectivity index (χ4v) is 2.90. The van der Waals surface area contributed by atoms with Crippen LogP contribution in [-0.2, 0) is 6.42 Å². The number of nitrogens with two attached hydrogens (primary N) is 1. The third-order valence-electron chi connectivity index (χ3n) is 3.85. The van der Waals surface area contributed by atoms with Gasteiger partial charge in [0.25, 0.3) is 0 Å². The molecule has 0 saturated carbocycles. The molecule has 3 N–H and O–H groups in total. The van der Waals surface area contributed by atoms with Gasteiger partial charge in [0, 0.05) is 16.5 Å². The van der Waals surface area contributed by atoms with E-state index < -0.39 is 0 Å². The summed E-state index contributed by atoms with van der Waals surface area (Å²) >= 11 is 5.28. The van der Waals surface area contributed by atoms with Gasteiger partial charge in [-0.05, 0) is 36.6 Å². The first-order valence-corrected chi connectivity index (χ1v) is 7.52. The lowest BCUT2D eigenvalue weighted by molar-refractivity contribution is 1.14. The van der Waals surface area contributed by atoms with E-state index in [0.29, 0.717) is 4.99 Å². The molecule has 0 saturated heterocycles. The van der Waals surface area contributed by atoms with E-state index in [0.717, 1.165) is 34.1 Å². The molecule has 0 aliphatic rings. The van der Waals surface area contributed by atoms with Crippen molar-refractivity contribution in [3.63, 3.8) is 0 Å². The summed E-state index contributed by atoms with van der Waals surface area (Å²) in [7, 11) is 0. The number of aromatic amines is 1. The second-order valence-electron chi connectivity index (χ2n) is 5.34. The molecule has 2 nitrogen and oxygen atoms in total. The minimum atomic E-state index is 0.432. The Bertz CT molecular complexity index is 813. The topological polar surface area (TPSA) is 41.8 Å². The number of hydrogen-bond donors (Lipinski definition) is 2. The minimum absolute atomic E-state index is 0.432. The van der Waals surface area contributed by atoms with Crippen molar-refractivity contribution in [1.82, 2.24) is 4.98 Å². The number of fused-ring (bicyclic) bond motifs is 1. The van der Waals surface area contributed by atoms with Crippen molar-refractivity contribution in [1.29, 1.82) is 0 Å². The molecule has 1 heterocycles. The average Bonchev–Trinajstić information content (AvgIpc) is 2.86. The summed E-state index contributed by atoms with van der Waals surface area (Å²) in [5.41, 5.74) is 12.6. The van der Waals surface area contributed by atoms with Gasteiger partial charge in [-0.1, -0.05) is 55.0 Å². The van der Waals surface area contributed by atoms with E-state index in [1.54, 1.807) is 0 Å². The summed E-state index contributed by atoms with van der Waals surface area (Å²) in [5, 5.41) is 1.09. The molecule has 2 aromatic carbocycles. The zero-order valence-corrected chi connectivity index (χ0v) is 13.1. The van der Waals surface area contributed by atoms with E-state index in [2.05, 4.69) is 61.3 Å². The number of aromatic nitrogens is 1. The first kappa shape index (κ1) is 13.8. The number of rotatable bonds is 3. The van der Waals surface area contributed by atoms with E-state index in [9.17, 15) is 0 Å². The molecule has 106 valence electrons. The average molecular weight is 294 g/mol.